The number of rotatable bonds is 7. The van der Waals surface area contributed by atoms with E-state index in [1.165, 1.54) is 27.9 Å². The van der Waals surface area contributed by atoms with Crippen LogP contribution >= 0.6 is 0 Å². The number of aliphatic hydroxyl groups is 5. The average molecular weight is 770 g/mol. The summed E-state index contributed by atoms with van der Waals surface area (Å²) in [4.78, 5) is 29.8. The van der Waals surface area contributed by atoms with Crippen LogP contribution in [0, 0.1) is 23.7 Å². The molecule has 0 radical (unpaired) electrons. The third-order valence-electron chi connectivity index (χ3n) is 11.8. The van der Waals surface area contributed by atoms with E-state index in [0.29, 0.717) is 6.42 Å². The molecule has 0 saturated carbocycles. The summed E-state index contributed by atoms with van der Waals surface area (Å²) < 4.78 is 37.1. The van der Waals surface area contributed by atoms with Crippen LogP contribution in [0.1, 0.15) is 94.9 Å². The lowest BCUT2D eigenvalue weighted by Crippen LogP contribution is -2.61. The molecular formula is C37H71NO15. The Morgan fingerprint density at radius 2 is 1.45 bits per heavy atom. The minimum atomic E-state index is -1.99. The third kappa shape index (κ3) is 10.7. The molecule has 9 N–H and O–H groups in total. The van der Waals surface area contributed by atoms with Crippen molar-refractivity contribution in [3.63, 3.8) is 0 Å². The topological polar surface area (TPSA) is 257 Å². The van der Waals surface area contributed by atoms with Crippen LogP contribution in [0.15, 0.2) is 0 Å². The van der Waals surface area contributed by atoms with Crippen LogP contribution in [0.5, 0.6) is 0 Å². The summed E-state index contributed by atoms with van der Waals surface area (Å²) in [6, 6.07) is -0.324. The molecule has 0 spiro atoms. The fourth-order valence-corrected chi connectivity index (χ4v) is 8.41. The van der Waals surface area contributed by atoms with Gasteiger partial charge in [0.2, 0.25) is 0 Å². The Bertz CT molecular complexity index is 1170. The minimum absolute atomic E-state index is 0. The molecule has 3 rings (SSSR count). The Kier molecular flexibility index (Phi) is 18.0. The number of cyclic esters (lactones) is 1. The summed E-state index contributed by atoms with van der Waals surface area (Å²) in [5, 5.41) is 57.6. The number of Topliss-reactive ketones (excluding diaryl/α,β-unsaturated/α-hetero) is 1. The monoisotopic (exact) mass is 769 g/mol. The van der Waals surface area contributed by atoms with Crippen molar-refractivity contribution in [2.24, 2.45) is 23.7 Å². The quantitative estimate of drug-likeness (QED) is 0.216. The van der Waals surface area contributed by atoms with Crippen molar-refractivity contribution >= 4 is 11.8 Å². The van der Waals surface area contributed by atoms with Crippen LogP contribution < -0.4 is 0 Å². The maximum Gasteiger partial charge on any atom is 0.311 e. The number of hydrogen-bond acceptors (Lipinski definition) is 14. The molecule has 3 heterocycles. The van der Waals surface area contributed by atoms with Crippen molar-refractivity contribution < 1.29 is 74.5 Å². The van der Waals surface area contributed by atoms with E-state index >= 15 is 0 Å². The van der Waals surface area contributed by atoms with E-state index in [1.807, 2.05) is 25.9 Å². The van der Waals surface area contributed by atoms with Gasteiger partial charge in [-0.15, -0.1) is 0 Å². The minimum Gasteiger partial charge on any atom is -0.459 e. The molecule has 16 nitrogen and oxygen atoms in total. The van der Waals surface area contributed by atoms with Gasteiger partial charge in [0, 0.05) is 37.3 Å². The molecular weight excluding hydrogens is 698 g/mol. The van der Waals surface area contributed by atoms with Crippen molar-refractivity contribution in [3.05, 3.63) is 0 Å². The molecule has 0 aromatic heterocycles. The smallest absolute Gasteiger partial charge is 0.311 e. The van der Waals surface area contributed by atoms with Gasteiger partial charge in [0.15, 0.2) is 12.6 Å². The van der Waals surface area contributed by atoms with Gasteiger partial charge in [0.25, 0.3) is 0 Å². The van der Waals surface area contributed by atoms with Crippen LogP contribution in [0.25, 0.3) is 0 Å². The number of aliphatic hydroxyl groups excluding tert-OH is 3. The standard InChI is InChI=1S/C37H67NO13.2H2O/c1-14-25-37(10,45)30(41)20(4)27(39)18(2)16-35(8,44)32(51-34-28(40)24(38(11)12)15-19(3)47-34)21(5)29(22(6)33(43)49-25)50-26-17-36(9,46-13)31(42)23(7)48-26;;/h18-26,28-32,34,40-42,44-45H,14-17H2,1-13H3;2*1H2/t18-,19-,20+,21-,22-,23+,24+,25-,26+,28-,29+,30-,31+,32-,34+,35-,36-,37-;;/m1../s1. The summed E-state index contributed by atoms with van der Waals surface area (Å²) in [6.07, 6.45) is -9.71. The van der Waals surface area contributed by atoms with E-state index in [0.717, 1.165) is 0 Å². The highest BCUT2D eigenvalue weighted by atomic mass is 16.7. The third-order valence-corrected chi connectivity index (χ3v) is 11.8. The number of carbonyl (C=O) groups excluding carboxylic acids is 2. The second-order valence-electron chi connectivity index (χ2n) is 16.5. The number of likely N-dealkylation sites (N-methyl/N-ethyl adjacent to an activating group) is 1. The summed E-state index contributed by atoms with van der Waals surface area (Å²) in [6.45, 7) is 16.3. The first-order valence-electron chi connectivity index (χ1n) is 18.5. The van der Waals surface area contributed by atoms with Crippen LogP contribution in [0.2, 0.25) is 0 Å². The van der Waals surface area contributed by atoms with E-state index in [-0.39, 0.29) is 42.4 Å². The van der Waals surface area contributed by atoms with Crippen LogP contribution in [-0.4, -0.2) is 159 Å². The van der Waals surface area contributed by atoms with Gasteiger partial charge in [-0.1, -0.05) is 27.7 Å². The van der Waals surface area contributed by atoms with E-state index in [9.17, 15) is 35.1 Å². The fraction of sp³-hybridized carbons (Fsp3) is 0.946. The normalized spacial score (nSPS) is 47.9. The second-order valence-corrected chi connectivity index (χ2v) is 16.5. The molecule has 0 bridgehead atoms. The zero-order valence-electron chi connectivity index (χ0n) is 33.9. The highest BCUT2D eigenvalue weighted by Gasteiger charge is 2.53. The Balaban J connectivity index is 0.00000702. The van der Waals surface area contributed by atoms with E-state index in [1.54, 1.807) is 41.5 Å². The molecule has 3 fully saturated rings. The molecule has 18 atom stereocenters. The first kappa shape index (κ1) is 49.6. The second kappa shape index (κ2) is 19.2. The Morgan fingerprint density at radius 1 is 0.868 bits per heavy atom. The van der Waals surface area contributed by atoms with Gasteiger partial charge in [-0.3, -0.25) is 9.59 Å². The largest absolute Gasteiger partial charge is 0.459 e. The van der Waals surface area contributed by atoms with Gasteiger partial charge in [-0.25, -0.2) is 0 Å². The number of ether oxygens (including phenoxy) is 6. The maximum atomic E-state index is 14.1. The molecule has 0 aromatic carbocycles. The highest BCUT2D eigenvalue weighted by Crippen LogP contribution is 2.40. The summed E-state index contributed by atoms with van der Waals surface area (Å²) in [5.41, 5.74) is -4.84. The zero-order valence-corrected chi connectivity index (χ0v) is 33.9. The molecule has 314 valence electrons. The Morgan fingerprint density at radius 3 is 1.98 bits per heavy atom. The summed E-state index contributed by atoms with van der Waals surface area (Å²) in [7, 11) is 5.18. The number of ketones is 1. The Labute approximate surface area is 315 Å². The summed E-state index contributed by atoms with van der Waals surface area (Å²) >= 11 is 0. The Hall–Kier alpha value is -1.38. The number of esters is 1. The average Bonchev–Trinajstić information content (AvgIpc) is 3.05. The maximum absolute atomic E-state index is 14.1. The van der Waals surface area contributed by atoms with Crippen molar-refractivity contribution in [2.45, 2.75) is 179 Å². The van der Waals surface area contributed by atoms with Crippen molar-refractivity contribution in [1.82, 2.24) is 4.90 Å². The van der Waals surface area contributed by atoms with Gasteiger partial charge in [-0.05, 0) is 74.9 Å². The molecule has 0 aromatic rings. The molecule has 53 heavy (non-hydrogen) atoms. The first-order valence-corrected chi connectivity index (χ1v) is 18.5. The SMILES string of the molecule is CC[C@H]1OC(=O)[C@H](C)[C@@H](O[C@H]2C[C@@](C)(OC)[C@@H](O)[C@H](C)O2)[C@@H](C)[C@@H](O[C@@H]2O[C@H](C)C[C@H](N(C)C)[C@H]2O)[C@](C)(O)C[C@@H](C)C(=O)[C@H](C)[C@@H](O)[C@]1(C)O.O.O. The van der Waals surface area contributed by atoms with Crippen LogP contribution in [0.4, 0.5) is 0 Å². The predicted molar refractivity (Wildman–Crippen MR) is 193 cm³/mol. The van der Waals surface area contributed by atoms with Gasteiger partial charge in [0.1, 0.15) is 29.7 Å². The molecule has 0 unspecified atom stereocenters. The van der Waals surface area contributed by atoms with Crippen molar-refractivity contribution in [3.8, 4) is 0 Å². The predicted octanol–water partition coefficient (Wildman–Crippen LogP) is 0.136. The molecule has 16 heteroatoms. The molecule has 3 aliphatic heterocycles. The fourth-order valence-electron chi connectivity index (χ4n) is 8.41. The molecule has 3 aliphatic rings. The van der Waals surface area contributed by atoms with Gasteiger partial charge in [0.05, 0.1) is 47.6 Å². The van der Waals surface area contributed by atoms with Gasteiger partial charge in [-0.2, -0.15) is 0 Å². The van der Waals surface area contributed by atoms with E-state index in [4.69, 9.17) is 28.4 Å². The molecule has 0 amide bonds. The van der Waals surface area contributed by atoms with Gasteiger partial charge >= 0.3 is 5.97 Å². The van der Waals surface area contributed by atoms with E-state index in [2.05, 4.69) is 0 Å². The number of nitrogens with zero attached hydrogens (tertiary/aromatic N) is 1. The highest BCUT2D eigenvalue weighted by molar-refractivity contribution is 5.83. The number of hydrogen-bond donors (Lipinski definition) is 5. The van der Waals surface area contributed by atoms with Crippen molar-refractivity contribution in [1.29, 1.82) is 0 Å². The van der Waals surface area contributed by atoms with Crippen LogP contribution in [-0.2, 0) is 38.0 Å². The van der Waals surface area contributed by atoms with Gasteiger partial charge < -0.3 is 69.8 Å². The van der Waals surface area contributed by atoms with Crippen molar-refractivity contribution in [2.75, 3.05) is 21.2 Å². The van der Waals surface area contributed by atoms with Crippen LogP contribution in [0.3, 0.4) is 0 Å². The number of methoxy groups -OCH3 is 1. The van der Waals surface area contributed by atoms with E-state index < -0.39 is 108 Å². The molecule has 0 aliphatic carbocycles. The first-order chi connectivity index (χ1) is 23.4. The lowest BCUT2D eigenvalue weighted by Gasteiger charge is -2.49. The lowest BCUT2D eigenvalue weighted by atomic mass is 9.74. The summed E-state index contributed by atoms with van der Waals surface area (Å²) in [5.74, 6) is -4.98. The lowest BCUT2D eigenvalue weighted by molar-refractivity contribution is -0.318. The number of carbonyl (C=O) groups is 2. The molecule has 3 saturated heterocycles. The zero-order chi connectivity index (χ0) is 39.0.